The molecule has 0 radical (unpaired) electrons. The summed E-state index contributed by atoms with van der Waals surface area (Å²) < 4.78 is 9.30. The van der Waals surface area contributed by atoms with Crippen molar-refractivity contribution >= 4 is 39.3 Å². The number of aromatic nitrogens is 3. The number of esters is 1. The number of carbonyl (C=O) groups excluding carboxylic acids is 1. The average molecular weight is 377 g/mol. The summed E-state index contributed by atoms with van der Waals surface area (Å²) in [6.07, 6.45) is 0. The fourth-order valence-electron chi connectivity index (χ4n) is 2.15. The molecule has 0 bridgehead atoms. The van der Waals surface area contributed by atoms with Gasteiger partial charge in [-0.2, -0.15) is 0 Å². The fourth-order valence-corrected chi connectivity index (χ4v) is 4.01. The van der Waals surface area contributed by atoms with Crippen molar-refractivity contribution in [1.82, 2.24) is 14.1 Å². The van der Waals surface area contributed by atoms with Gasteiger partial charge < -0.3 is 4.74 Å². The van der Waals surface area contributed by atoms with E-state index in [9.17, 15) is 14.4 Å². The summed E-state index contributed by atoms with van der Waals surface area (Å²) in [5.74, 6) is -0.323. The molecule has 0 saturated heterocycles. The highest BCUT2D eigenvalue weighted by molar-refractivity contribution is 8.01. The van der Waals surface area contributed by atoms with Gasteiger partial charge in [0.25, 0.3) is 5.56 Å². The van der Waals surface area contributed by atoms with Gasteiger partial charge >= 0.3 is 11.7 Å². The molecule has 0 atom stereocenters. The van der Waals surface area contributed by atoms with E-state index < -0.39 is 17.2 Å². The van der Waals surface area contributed by atoms with Crippen LogP contribution in [0.3, 0.4) is 0 Å². The van der Waals surface area contributed by atoms with Crippen molar-refractivity contribution in [3.8, 4) is 0 Å². The molecule has 0 aliphatic carbocycles. The number of para-hydroxylation sites is 1. The van der Waals surface area contributed by atoms with Gasteiger partial charge in [-0.05, 0) is 12.1 Å². The summed E-state index contributed by atoms with van der Waals surface area (Å²) in [4.78, 5) is 39.8. The zero-order valence-corrected chi connectivity index (χ0v) is 15.2. The van der Waals surface area contributed by atoms with Crippen molar-refractivity contribution in [2.75, 3.05) is 5.75 Å². The Morgan fingerprint density at radius 2 is 2.00 bits per heavy atom. The highest BCUT2D eigenvalue weighted by Gasteiger charge is 2.11. The molecule has 0 saturated carbocycles. The highest BCUT2D eigenvalue weighted by Crippen LogP contribution is 2.29. The van der Waals surface area contributed by atoms with Crippen LogP contribution >= 0.6 is 23.1 Å². The molecule has 130 valence electrons. The van der Waals surface area contributed by atoms with Crippen molar-refractivity contribution in [1.29, 1.82) is 0 Å². The SMILES string of the molecule is Cn1c(COC(=O)CSc2nc3ccccc3s2)cc(=O)n(C)c1=O. The second kappa shape index (κ2) is 7.24. The number of hydrogen-bond donors (Lipinski definition) is 0. The van der Waals surface area contributed by atoms with E-state index in [0.29, 0.717) is 5.69 Å². The molecule has 7 nitrogen and oxygen atoms in total. The molecule has 25 heavy (non-hydrogen) atoms. The number of rotatable bonds is 5. The Kier molecular flexibility index (Phi) is 5.05. The van der Waals surface area contributed by atoms with Crippen LogP contribution in [0.25, 0.3) is 10.2 Å². The van der Waals surface area contributed by atoms with Gasteiger partial charge in [0.1, 0.15) is 6.61 Å². The summed E-state index contributed by atoms with van der Waals surface area (Å²) in [5.41, 5.74) is 0.366. The van der Waals surface area contributed by atoms with Crippen LogP contribution in [0.15, 0.2) is 44.3 Å². The van der Waals surface area contributed by atoms with Crippen LogP contribution in [0.1, 0.15) is 5.69 Å². The van der Waals surface area contributed by atoms with E-state index in [1.807, 2.05) is 24.3 Å². The summed E-state index contributed by atoms with van der Waals surface area (Å²) in [7, 11) is 2.93. The molecule has 0 N–H and O–H groups in total. The van der Waals surface area contributed by atoms with Gasteiger partial charge in [-0.3, -0.25) is 18.7 Å². The molecule has 0 aliphatic rings. The van der Waals surface area contributed by atoms with Crippen LogP contribution in [-0.2, 0) is 30.2 Å². The molecule has 2 aromatic heterocycles. The maximum atomic E-state index is 11.9. The summed E-state index contributed by atoms with van der Waals surface area (Å²) >= 11 is 2.82. The summed E-state index contributed by atoms with van der Waals surface area (Å²) in [5, 5.41) is 0. The lowest BCUT2D eigenvalue weighted by Crippen LogP contribution is -2.38. The average Bonchev–Trinajstić information content (AvgIpc) is 3.03. The summed E-state index contributed by atoms with van der Waals surface area (Å²) in [6, 6.07) is 9.04. The van der Waals surface area contributed by atoms with Gasteiger partial charge in [0, 0.05) is 20.2 Å². The highest BCUT2D eigenvalue weighted by atomic mass is 32.2. The minimum absolute atomic E-state index is 0.110. The molecule has 0 unspecified atom stereocenters. The van der Waals surface area contributed by atoms with Crippen molar-refractivity contribution in [2.45, 2.75) is 10.9 Å². The van der Waals surface area contributed by atoms with Crippen molar-refractivity contribution in [3.05, 3.63) is 56.9 Å². The topological polar surface area (TPSA) is 83.2 Å². The predicted molar refractivity (Wildman–Crippen MR) is 97.1 cm³/mol. The van der Waals surface area contributed by atoms with Gasteiger partial charge in [-0.15, -0.1) is 11.3 Å². The second-order valence-corrected chi connectivity index (χ2v) is 7.52. The van der Waals surface area contributed by atoms with E-state index in [1.54, 1.807) is 0 Å². The van der Waals surface area contributed by atoms with Crippen LogP contribution in [-0.4, -0.2) is 25.8 Å². The van der Waals surface area contributed by atoms with Crippen molar-refractivity contribution < 1.29 is 9.53 Å². The Morgan fingerprint density at radius 1 is 1.24 bits per heavy atom. The maximum Gasteiger partial charge on any atom is 0.330 e. The minimum atomic E-state index is -0.456. The maximum absolute atomic E-state index is 11.9. The molecule has 0 fully saturated rings. The number of thiazole rings is 1. The number of carbonyl (C=O) groups is 1. The van der Waals surface area contributed by atoms with E-state index in [-0.39, 0.29) is 12.4 Å². The van der Waals surface area contributed by atoms with E-state index in [0.717, 1.165) is 19.1 Å². The predicted octanol–water partition coefficient (Wildman–Crippen LogP) is 1.53. The lowest BCUT2D eigenvalue weighted by atomic mass is 10.3. The van der Waals surface area contributed by atoms with Gasteiger partial charge in [0.15, 0.2) is 4.34 Å². The molecule has 3 aromatic rings. The van der Waals surface area contributed by atoms with Crippen LogP contribution in [0.5, 0.6) is 0 Å². The van der Waals surface area contributed by atoms with Gasteiger partial charge in [-0.1, -0.05) is 23.9 Å². The molecule has 0 amide bonds. The normalized spacial score (nSPS) is 11.0. The second-order valence-electron chi connectivity index (χ2n) is 5.27. The molecule has 2 heterocycles. The molecular weight excluding hydrogens is 362 g/mol. The van der Waals surface area contributed by atoms with Gasteiger partial charge in [0.05, 0.1) is 21.7 Å². The first-order chi connectivity index (χ1) is 12.0. The molecule has 0 aliphatic heterocycles. The number of benzene rings is 1. The first-order valence-corrected chi connectivity index (χ1v) is 9.16. The quantitative estimate of drug-likeness (QED) is 0.495. The largest absolute Gasteiger partial charge is 0.459 e. The summed E-state index contributed by atoms with van der Waals surface area (Å²) in [6.45, 7) is -0.124. The minimum Gasteiger partial charge on any atom is -0.459 e. The molecule has 1 aromatic carbocycles. The van der Waals surface area contributed by atoms with Crippen molar-refractivity contribution in [3.63, 3.8) is 0 Å². The Labute approximate surface area is 150 Å². The Bertz CT molecular complexity index is 1020. The van der Waals surface area contributed by atoms with E-state index in [4.69, 9.17) is 4.74 Å². The molecule has 3 rings (SSSR count). The number of ether oxygens (including phenoxy) is 1. The third-order valence-electron chi connectivity index (χ3n) is 3.59. The third-order valence-corrected chi connectivity index (χ3v) is 5.75. The Morgan fingerprint density at radius 3 is 2.76 bits per heavy atom. The van der Waals surface area contributed by atoms with Crippen LogP contribution < -0.4 is 11.2 Å². The number of hydrogen-bond acceptors (Lipinski definition) is 7. The van der Waals surface area contributed by atoms with Crippen LogP contribution in [0, 0.1) is 0 Å². The lowest BCUT2D eigenvalue weighted by Gasteiger charge is -2.09. The third kappa shape index (κ3) is 3.83. The molecule has 9 heteroatoms. The molecule has 0 spiro atoms. The smallest absolute Gasteiger partial charge is 0.330 e. The Balaban J connectivity index is 1.60. The van der Waals surface area contributed by atoms with E-state index in [1.165, 1.54) is 47.8 Å². The molecular formula is C16H15N3O4S2. The van der Waals surface area contributed by atoms with Crippen LogP contribution in [0.2, 0.25) is 0 Å². The van der Waals surface area contributed by atoms with Gasteiger partial charge in [0.2, 0.25) is 0 Å². The first kappa shape index (κ1) is 17.4. The fraction of sp³-hybridized carbons (Fsp3) is 0.250. The van der Waals surface area contributed by atoms with E-state index >= 15 is 0 Å². The zero-order valence-electron chi connectivity index (χ0n) is 13.6. The van der Waals surface area contributed by atoms with Crippen molar-refractivity contribution in [2.24, 2.45) is 14.1 Å². The van der Waals surface area contributed by atoms with Gasteiger partial charge in [-0.25, -0.2) is 9.78 Å². The number of thioether (sulfide) groups is 1. The standard InChI is InChI=1S/C16H15N3O4S2/c1-18-10(7-13(20)19(2)16(18)22)8-23-14(21)9-24-15-17-11-5-3-4-6-12(11)25-15/h3-7H,8-9H2,1-2H3. The van der Waals surface area contributed by atoms with E-state index in [2.05, 4.69) is 4.98 Å². The first-order valence-electron chi connectivity index (χ1n) is 7.35. The monoisotopic (exact) mass is 377 g/mol. The Hall–Kier alpha value is -2.39. The number of nitrogens with zero attached hydrogens (tertiary/aromatic N) is 3. The van der Waals surface area contributed by atoms with Crippen LogP contribution in [0.4, 0.5) is 0 Å². The number of fused-ring (bicyclic) bond motifs is 1. The zero-order chi connectivity index (χ0) is 18.0. The lowest BCUT2D eigenvalue weighted by molar-refractivity contribution is -0.141.